The quantitative estimate of drug-likeness (QED) is 0.371. The molecule has 0 aromatic heterocycles. The molecule has 0 aromatic rings. The summed E-state index contributed by atoms with van der Waals surface area (Å²) in [6, 6.07) is 0. The van der Waals surface area contributed by atoms with E-state index in [2.05, 4.69) is 13.1 Å². The van der Waals surface area contributed by atoms with Gasteiger partial charge >= 0.3 is 23.5 Å². The lowest BCUT2D eigenvalue weighted by atomic mass is 10.1. The van der Waals surface area contributed by atoms with Gasteiger partial charge in [0.2, 0.25) is 5.85 Å². The third-order valence-corrected chi connectivity index (χ3v) is 6.07. The third kappa shape index (κ3) is 6.79. The maximum atomic E-state index is 13.6. The van der Waals surface area contributed by atoms with Gasteiger partial charge in [0, 0.05) is 6.42 Å². The molecule has 1 saturated heterocycles. The van der Waals surface area contributed by atoms with Crippen LogP contribution in [-0.2, 0) is 31.6 Å². The highest BCUT2D eigenvalue weighted by Crippen LogP contribution is 2.66. The molecule has 0 bridgehead atoms. The topological polar surface area (TPSA) is 189 Å². The number of halogens is 1. The largest absolute Gasteiger partial charge is 0.490 e. The van der Waals surface area contributed by atoms with Crippen molar-refractivity contribution >= 4 is 23.5 Å². The molecule has 1 rings (SSSR count). The van der Waals surface area contributed by atoms with E-state index in [0.717, 1.165) is 0 Å². The first-order valence-electron chi connectivity index (χ1n) is 5.47. The Hall–Kier alpha value is 0.260. The summed E-state index contributed by atoms with van der Waals surface area (Å²) < 4.78 is 62.2. The molecule has 1 fully saturated rings. The molecule has 22 heavy (non-hydrogen) atoms. The Balaban J connectivity index is 2.63. The molecule has 1 aliphatic heterocycles. The van der Waals surface area contributed by atoms with Crippen molar-refractivity contribution in [3.05, 3.63) is 0 Å². The van der Waals surface area contributed by atoms with E-state index in [-0.39, 0.29) is 0 Å². The molecule has 132 valence electrons. The number of alkyl halides is 1. The Morgan fingerprint density at radius 1 is 1.18 bits per heavy atom. The number of hydrogen-bond acceptors (Lipinski definition) is 8. The van der Waals surface area contributed by atoms with Gasteiger partial charge in [-0.15, -0.1) is 0 Å². The molecule has 0 spiro atoms. The fraction of sp³-hybridized carbons (Fsp3) is 1.00. The monoisotopic (exact) mass is 390 g/mol. The van der Waals surface area contributed by atoms with E-state index in [1.807, 2.05) is 0 Å². The van der Waals surface area contributed by atoms with Crippen molar-refractivity contribution in [3.8, 4) is 0 Å². The molecule has 0 radical (unpaired) electrons. The average Bonchev–Trinajstić information content (AvgIpc) is 2.42. The Morgan fingerprint density at radius 3 is 2.14 bits per heavy atom. The van der Waals surface area contributed by atoms with Crippen LogP contribution >= 0.6 is 23.5 Å². The summed E-state index contributed by atoms with van der Waals surface area (Å²) >= 11 is 0. The van der Waals surface area contributed by atoms with Crippen LogP contribution in [0.5, 0.6) is 0 Å². The van der Waals surface area contributed by atoms with Crippen LogP contribution in [0.25, 0.3) is 0 Å². The summed E-state index contributed by atoms with van der Waals surface area (Å²) in [6.45, 7) is 0.371. The van der Waals surface area contributed by atoms with Gasteiger partial charge in [-0.1, -0.05) is 0 Å². The zero-order valence-corrected chi connectivity index (χ0v) is 13.6. The normalized spacial score (nSPS) is 35.0. The molecule has 1 heterocycles. The van der Waals surface area contributed by atoms with Gasteiger partial charge in [0.05, 0.1) is 12.7 Å². The van der Waals surface area contributed by atoms with Crippen LogP contribution in [0.15, 0.2) is 0 Å². The Labute approximate surface area is 123 Å². The van der Waals surface area contributed by atoms with E-state index in [9.17, 15) is 23.2 Å². The molecule has 5 N–H and O–H groups in total. The van der Waals surface area contributed by atoms with Gasteiger partial charge in [-0.2, -0.15) is 8.62 Å². The van der Waals surface area contributed by atoms with Crippen LogP contribution in [0.1, 0.15) is 13.3 Å². The van der Waals surface area contributed by atoms with Crippen molar-refractivity contribution in [1.82, 2.24) is 0 Å². The standard InChI is InChI=1S/C6H14FO12P3/c1-4-2-6(7,8)5(17-4)3-16-21(12,13)19-22(14,15)18-20(9,10)11/h4-5,8H,2-3H2,1H3,(H,12,13)(H,14,15)(H2,9,10,11)/t4-,5+,6?/m0/s1. The third-order valence-electron chi connectivity index (χ3n) is 2.27. The van der Waals surface area contributed by atoms with Crippen LogP contribution in [0.4, 0.5) is 4.39 Å². The van der Waals surface area contributed by atoms with Gasteiger partial charge in [0.25, 0.3) is 0 Å². The van der Waals surface area contributed by atoms with E-state index in [1.54, 1.807) is 0 Å². The molecule has 0 aliphatic carbocycles. The van der Waals surface area contributed by atoms with Gasteiger partial charge < -0.3 is 29.4 Å². The van der Waals surface area contributed by atoms with Crippen LogP contribution in [-0.4, -0.2) is 49.3 Å². The smallest absolute Gasteiger partial charge is 0.367 e. The van der Waals surface area contributed by atoms with Crippen LogP contribution in [0.3, 0.4) is 0 Å². The van der Waals surface area contributed by atoms with Crippen molar-refractivity contribution in [2.75, 3.05) is 6.61 Å². The van der Waals surface area contributed by atoms with Gasteiger partial charge in [-0.3, -0.25) is 4.52 Å². The van der Waals surface area contributed by atoms with E-state index in [0.29, 0.717) is 0 Å². The first kappa shape index (κ1) is 20.3. The summed E-state index contributed by atoms with van der Waals surface area (Å²) in [6.07, 6.45) is -2.82. The molecule has 0 aromatic carbocycles. The SMILES string of the molecule is C[C@H]1CC(O)(F)[C@@H](COP(=O)(O)OP(=O)(O)OP(=O)(O)O)O1. The van der Waals surface area contributed by atoms with Crippen molar-refractivity contribution in [1.29, 1.82) is 0 Å². The van der Waals surface area contributed by atoms with Crippen LogP contribution in [0.2, 0.25) is 0 Å². The highest BCUT2D eigenvalue weighted by Gasteiger charge is 2.48. The molecule has 0 saturated carbocycles. The fourth-order valence-corrected chi connectivity index (χ4v) is 4.62. The highest BCUT2D eigenvalue weighted by atomic mass is 31.3. The predicted octanol–water partition coefficient (Wildman–Crippen LogP) is 0.165. The molecular weight excluding hydrogens is 376 g/mol. The lowest BCUT2D eigenvalue weighted by Gasteiger charge is -2.21. The number of phosphoric acid groups is 3. The first-order valence-corrected chi connectivity index (χ1v) is 9.99. The number of rotatable bonds is 7. The summed E-state index contributed by atoms with van der Waals surface area (Å²) in [5.41, 5.74) is 0. The Kier molecular flexibility index (Phi) is 6.13. The highest BCUT2D eigenvalue weighted by molar-refractivity contribution is 7.66. The minimum atomic E-state index is -5.64. The average molecular weight is 390 g/mol. The summed E-state index contributed by atoms with van der Waals surface area (Å²) in [5.74, 6) is -2.86. The van der Waals surface area contributed by atoms with Gasteiger partial charge in [0.15, 0.2) is 0 Å². The molecule has 1 aliphatic rings. The summed E-state index contributed by atoms with van der Waals surface area (Å²) in [7, 11) is -16.5. The van der Waals surface area contributed by atoms with Crippen molar-refractivity contribution in [2.24, 2.45) is 0 Å². The fourth-order valence-electron chi connectivity index (χ4n) is 1.60. The minimum Gasteiger partial charge on any atom is -0.367 e. The van der Waals surface area contributed by atoms with Crippen molar-refractivity contribution in [3.63, 3.8) is 0 Å². The van der Waals surface area contributed by atoms with E-state index >= 15 is 0 Å². The molecule has 12 nitrogen and oxygen atoms in total. The first-order chi connectivity index (χ1) is 9.62. The van der Waals surface area contributed by atoms with E-state index < -0.39 is 54.6 Å². The van der Waals surface area contributed by atoms with E-state index in [4.69, 9.17) is 24.3 Å². The molecule has 16 heteroatoms. The summed E-state index contributed by atoms with van der Waals surface area (Å²) in [5, 5.41) is 9.29. The number of hydrogen-bond donors (Lipinski definition) is 5. The van der Waals surface area contributed by atoms with Gasteiger partial charge in [-0.25, -0.2) is 18.1 Å². The number of aliphatic hydroxyl groups is 1. The lowest BCUT2D eigenvalue weighted by molar-refractivity contribution is -0.146. The van der Waals surface area contributed by atoms with Gasteiger partial charge in [0.1, 0.15) is 6.10 Å². The Morgan fingerprint density at radius 2 is 1.73 bits per heavy atom. The zero-order valence-electron chi connectivity index (χ0n) is 10.9. The minimum absolute atomic E-state index is 0.433. The number of ether oxygens (including phenoxy) is 1. The molecule has 0 amide bonds. The summed E-state index contributed by atoms with van der Waals surface area (Å²) in [4.78, 5) is 34.6. The Bertz CT molecular complexity index is 543. The second kappa shape index (κ2) is 6.64. The second-order valence-electron chi connectivity index (χ2n) is 4.34. The van der Waals surface area contributed by atoms with Crippen LogP contribution in [0, 0.1) is 0 Å². The van der Waals surface area contributed by atoms with Crippen molar-refractivity contribution < 1.29 is 60.6 Å². The maximum absolute atomic E-state index is 13.6. The van der Waals surface area contributed by atoms with Crippen LogP contribution < -0.4 is 0 Å². The lowest BCUT2D eigenvalue weighted by Crippen LogP contribution is -2.36. The predicted molar refractivity (Wildman–Crippen MR) is 64.8 cm³/mol. The van der Waals surface area contributed by atoms with Gasteiger partial charge in [-0.05, 0) is 6.92 Å². The number of phosphoric ester groups is 1. The van der Waals surface area contributed by atoms with Crippen molar-refractivity contribution in [2.45, 2.75) is 31.4 Å². The molecule has 3 unspecified atom stereocenters. The van der Waals surface area contributed by atoms with E-state index in [1.165, 1.54) is 6.92 Å². The molecular formula is C6H14FO12P3. The molecule has 5 atom stereocenters. The second-order valence-corrected chi connectivity index (χ2v) is 8.76. The maximum Gasteiger partial charge on any atom is 0.490 e. The zero-order chi connectivity index (χ0) is 17.4.